The number of aliphatic hydroxyl groups excluding tert-OH is 2. The highest BCUT2D eigenvalue weighted by atomic mass is 35.5. The van der Waals surface area contributed by atoms with Gasteiger partial charge in [0.05, 0.1) is 18.1 Å². The van der Waals surface area contributed by atoms with Gasteiger partial charge in [0.15, 0.2) is 6.10 Å². The zero-order valence-electron chi connectivity index (χ0n) is 10.3. The Balaban J connectivity index is 2.78. The average molecular weight is 275 g/mol. The molecule has 1 aromatic rings. The lowest BCUT2D eigenvalue weighted by Gasteiger charge is -2.23. The molecular formula is C11H15ClN2O4. The van der Waals surface area contributed by atoms with Gasteiger partial charge in [0.1, 0.15) is 16.9 Å². The topological polar surface area (TPSA) is 92.5 Å². The Kier molecular flexibility index (Phi) is 4.61. The lowest BCUT2D eigenvalue weighted by Crippen LogP contribution is -2.35. The van der Waals surface area contributed by atoms with Crippen molar-refractivity contribution in [1.82, 2.24) is 9.97 Å². The number of hydrogen-bond donors (Lipinski definition) is 2. The van der Waals surface area contributed by atoms with E-state index in [4.69, 9.17) is 16.3 Å². The van der Waals surface area contributed by atoms with Crippen LogP contribution in [0.3, 0.4) is 0 Å². The van der Waals surface area contributed by atoms with Crippen molar-refractivity contribution in [1.29, 1.82) is 0 Å². The third kappa shape index (κ3) is 4.21. The van der Waals surface area contributed by atoms with Crippen molar-refractivity contribution in [3.05, 3.63) is 23.2 Å². The number of esters is 1. The van der Waals surface area contributed by atoms with E-state index in [-0.39, 0.29) is 10.8 Å². The Bertz CT molecular complexity index is 433. The number of aromatic nitrogens is 2. The van der Waals surface area contributed by atoms with Gasteiger partial charge >= 0.3 is 5.97 Å². The van der Waals surface area contributed by atoms with Crippen molar-refractivity contribution >= 4 is 17.6 Å². The quantitative estimate of drug-likeness (QED) is 0.795. The lowest BCUT2D eigenvalue weighted by molar-refractivity contribution is -0.171. The molecule has 18 heavy (non-hydrogen) atoms. The minimum atomic E-state index is -1.74. The van der Waals surface area contributed by atoms with Crippen molar-refractivity contribution in [2.75, 3.05) is 0 Å². The number of rotatable bonds is 3. The van der Waals surface area contributed by atoms with Crippen LogP contribution < -0.4 is 0 Å². The molecule has 0 saturated heterocycles. The van der Waals surface area contributed by atoms with Crippen LogP contribution in [0.25, 0.3) is 0 Å². The van der Waals surface area contributed by atoms with Crippen LogP contribution in [0, 0.1) is 0 Å². The third-order valence-electron chi connectivity index (χ3n) is 1.87. The summed E-state index contributed by atoms with van der Waals surface area (Å²) in [5.41, 5.74) is -0.751. The van der Waals surface area contributed by atoms with Crippen molar-refractivity contribution in [2.24, 2.45) is 0 Å². The van der Waals surface area contributed by atoms with Crippen molar-refractivity contribution < 1.29 is 19.7 Å². The summed E-state index contributed by atoms with van der Waals surface area (Å²) in [5.74, 6) is -0.934. The molecule has 2 atom stereocenters. The average Bonchev–Trinajstić information content (AvgIpc) is 2.24. The molecule has 7 heteroatoms. The first-order valence-corrected chi connectivity index (χ1v) is 5.65. The van der Waals surface area contributed by atoms with Crippen LogP contribution in [0.4, 0.5) is 0 Å². The van der Waals surface area contributed by atoms with E-state index in [1.54, 1.807) is 20.8 Å². The molecule has 0 aromatic carbocycles. The molecule has 0 fully saturated rings. The summed E-state index contributed by atoms with van der Waals surface area (Å²) in [6.45, 7) is 4.97. The fraction of sp³-hybridized carbons (Fsp3) is 0.545. The molecule has 0 spiro atoms. The molecule has 0 unspecified atom stereocenters. The molecule has 0 aliphatic carbocycles. The monoisotopic (exact) mass is 274 g/mol. The molecule has 100 valence electrons. The molecular weight excluding hydrogens is 260 g/mol. The Morgan fingerprint density at radius 2 is 2.00 bits per heavy atom. The molecule has 1 aromatic heterocycles. The summed E-state index contributed by atoms with van der Waals surface area (Å²) in [6.07, 6.45) is -0.787. The summed E-state index contributed by atoms with van der Waals surface area (Å²) >= 11 is 5.60. The molecule has 0 aliphatic heterocycles. The van der Waals surface area contributed by atoms with Gasteiger partial charge < -0.3 is 14.9 Å². The molecule has 1 rings (SSSR count). The minimum Gasteiger partial charge on any atom is -0.458 e. The van der Waals surface area contributed by atoms with E-state index in [9.17, 15) is 15.0 Å². The van der Waals surface area contributed by atoms with Crippen LogP contribution in [0.1, 0.15) is 32.6 Å². The van der Waals surface area contributed by atoms with E-state index in [0.29, 0.717) is 0 Å². The molecule has 6 nitrogen and oxygen atoms in total. The van der Waals surface area contributed by atoms with Crippen molar-refractivity contribution in [3.63, 3.8) is 0 Å². The first kappa shape index (κ1) is 14.8. The van der Waals surface area contributed by atoms with Crippen LogP contribution in [0.2, 0.25) is 5.15 Å². The second-order valence-corrected chi connectivity index (χ2v) is 5.08. The number of carbonyl (C=O) groups excluding carboxylic acids is 1. The van der Waals surface area contributed by atoms with E-state index in [0.717, 1.165) is 0 Å². The molecule has 0 radical (unpaired) electrons. The minimum absolute atomic E-state index is 0.000796. The van der Waals surface area contributed by atoms with Gasteiger partial charge in [0.2, 0.25) is 0 Å². The number of aliphatic hydroxyl groups is 2. The summed E-state index contributed by atoms with van der Waals surface area (Å²) in [7, 11) is 0. The highest BCUT2D eigenvalue weighted by Crippen LogP contribution is 2.18. The van der Waals surface area contributed by atoms with Crippen LogP contribution >= 0.6 is 11.6 Å². The van der Waals surface area contributed by atoms with Gasteiger partial charge in [0, 0.05) is 0 Å². The molecule has 0 amide bonds. The second kappa shape index (κ2) is 5.60. The lowest BCUT2D eigenvalue weighted by atomic mass is 10.1. The number of nitrogens with zero attached hydrogens (tertiary/aromatic N) is 2. The van der Waals surface area contributed by atoms with Crippen LogP contribution in [0.5, 0.6) is 0 Å². The molecule has 1 heterocycles. The van der Waals surface area contributed by atoms with E-state index >= 15 is 0 Å². The molecule has 0 bridgehead atoms. The summed E-state index contributed by atoms with van der Waals surface area (Å²) in [4.78, 5) is 19.0. The van der Waals surface area contributed by atoms with Crippen LogP contribution in [0.15, 0.2) is 12.4 Å². The van der Waals surface area contributed by atoms with Crippen LogP contribution in [-0.2, 0) is 9.53 Å². The maximum absolute atomic E-state index is 11.5. The van der Waals surface area contributed by atoms with Gasteiger partial charge in [-0.1, -0.05) is 11.6 Å². The number of carbonyl (C=O) groups is 1. The number of halogens is 1. The van der Waals surface area contributed by atoms with Crippen molar-refractivity contribution in [3.8, 4) is 0 Å². The largest absolute Gasteiger partial charge is 0.458 e. The predicted octanol–water partition coefficient (Wildman–Crippen LogP) is 0.866. The van der Waals surface area contributed by atoms with Gasteiger partial charge in [0.25, 0.3) is 0 Å². The van der Waals surface area contributed by atoms with E-state index in [1.165, 1.54) is 12.4 Å². The Labute approximate surface area is 110 Å². The Morgan fingerprint density at radius 3 is 2.50 bits per heavy atom. The predicted molar refractivity (Wildman–Crippen MR) is 63.9 cm³/mol. The van der Waals surface area contributed by atoms with Gasteiger partial charge in [-0.2, -0.15) is 0 Å². The van der Waals surface area contributed by atoms with Crippen molar-refractivity contribution in [2.45, 2.75) is 38.6 Å². The maximum Gasteiger partial charge on any atom is 0.338 e. The normalized spacial score (nSPS) is 15.0. The highest BCUT2D eigenvalue weighted by Gasteiger charge is 2.31. The summed E-state index contributed by atoms with van der Waals surface area (Å²) in [5, 5.41) is 19.5. The third-order valence-corrected chi connectivity index (χ3v) is 2.06. The van der Waals surface area contributed by atoms with Gasteiger partial charge in [-0.05, 0) is 20.8 Å². The second-order valence-electron chi connectivity index (χ2n) is 4.69. The maximum atomic E-state index is 11.5. The smallest absolute Gasteiger partial charge is 0.338 e. The van der Waals surface area contributed by atoms with E-state index in [2.05, 4.69) is 9.97 Å². The first-order valence-electron chi connectivity index (χ1n) is 5.27. The Morgan fingerprint density at radius 1 is 1.39 bits per heavy atom. The zero-order valence-corrected chi connectivity index (χ0v) is 11.0. The molecule has 2 N–H and O–H groups in total. The fourth-order valence-electron chi connectivity index (χ4n) is 1.15. The number of ether oxygens (including phenoxy) is 1. The van der Waals surface area contributed by atoms with E-state index in [1.807, 2.05) is 0 Å². The van der Waals surface area contributed by atoms with E-state index < -0.39 is 23.8 Å². The highest BCUT2D eigenvalue weighted by molar-refractivity contribution is 6.29. The standard InChI is InChI=1S/C11H15ClN2O4/c1-11(2,3)18-10(17)9(16)8(15)6-4-13-5-7(12)14-6/h4-5,8-9,15-16H,1-3H3/t8-,9-/m0/s1. The molecule has 0 saturated carbocycles. The van der Waals surface area contributed by atoms with Gasteiger partial charge in [-0.25, -0.2) is 9.78 Å². The summed E-state index contributed by atoms with van der Waals surface area (Å²) < 4.78 is 4.94. The van der Waals surface area contributed by atoms with Gasteiger partial charge in [-0.3, -0.25) is 4.98 Å². The van der Waals surface area contributed by atoms with Gasteiger partial charge in [-0.15, -0.1) is 0 Å². The fourth-order valence-corrected chi connectivity index (χ4v) is 1.31. The number of hydrogen-bond acceptors (Lipinski definition) is 6. The van der Waals surface area contributed by atoms with Crippen LogP contribution in [-0.4, -0.2) is 37.9 Å². The SMILES string of the molecule is CC(C)(C)OC(=O)[C@@H](O)[C@@H](O)c1cncc(Cl)n1. The summed E-state index contributed by atoms with van der Waals surface area (Å²) in [6, 6.07) is 0. The zero-order chi connectivity index (χ0) is 13.9. The molecule has 0 aliphatic rings. The first-order chi connectivity index (χ1) is 8.20. The Hall–Kier alpha value is -1.24.